The van der Waals surface area contributed by atoms with E-state index in [-0.39, 0.29) is 5.78 Å². The highest BCUT2D eigenvalue weighted by Crippen LogP contribution is 2.34. The van der Waals surface area contributed by atoms with E-state index in [2.05, 4.69) is 20.8 Å². The fraction of sp³-hybridized carbons (Fsp3) is 0.875. The number of ketones is 1. The molecule has 1 saturated heterocycles. The number of hydrogen-bond acceptors (Lipinski definition) is 2. The first-order valence-corrected chi connectivity index (χ1v) is 7.58. The predicted octanol–water partition coefficient (Wildman–Crippen LogP) is 3.42. The summed E-state index contributed by atoms with van der Waals surface area (Å²) < 4.78 is 0. The molecule has 0 N–H and O–H groups in total. The second-order valence-corrected chi connectivity index (χ2v) is 6.93. The second kappa shape index (κ2) is 7.06. The maximum Gasteiger partial charge on any atom is 0.222 e. The Labute approximate surface area is 117 Å². The smallest absolute Gasteiger partial charge is 0.222 e. The van der Waals surface area contributed by atoms with Crippen molar-refractivity contribution >= 4 is 11.7 Å². The Hall–Kier alpha value is -0.860. The van der Waals surface area contributed by atoms with Crippen LogP contribution in [0.15, 0.2) is 0 Å². The predicted molar refractivity (Wildman–Crippen MR) is 77.9 cm³/mol. The van der Waals surface area contributed by atoms with Crippen molar-refractivity contribution in [1.29, 1.82) is 0 Å². The van der Waals surface area contributed by atoms with Crippen LogP contribution in [0.5, 0.6) is 0 Å². The van der Waals surface area contributed by atoms with Crippen molar-refractivity contribution < 1.29 is 9.59 Å². The lowest BCUT2D eigenvalue weighted by atomic mass is 9.77. The Morgan fingerprint density at radius 1 is 1.26 bits per heavy atom. The zero-order chi connectivity index (χ0) is 14.5. The summed E-state index contributed by atoms with van der Waals surface area (Å²) in [6.45, 7) is 10.1. The SMILES string of the molecule is CC(=O)CCCCN1CCC(C(C)(C)C)CCC1=O. The van der Waals surface area contributed by atoms with Crippen LogP contribution in [0.25, 0.3) is 0 Å². The van der Waals surface area contributed by atoms with Crippen LogP contribution in [-0.2, 0) is 9.59 Å². The molecular weight excluding hydrogens is 238 g/mol. The number of carbonyl (C=O) groups is 2. The maximum atomic E-state index is 12.1. The normalized spacial score (nSPS) is 21.4. The van der Waals surface area contributed by atoms with Crippen LogP contribution in [0.1, 0.15) is 66.2 Å². The number of rotatable bonds is 5. The maximum absolute atomic E-state index is 12.1. The van der Waals surface area contributed by atoms with Gasteiger partial charge in [0.1, 0.15) is 5.78 Å². The summed E-state index contributed by atoms with van der Waals surface area (Å²) in [6, 6.07) is 0. The third kappa shape index (κ3) is 5.75. The van der Waals surface area contributed by atoms with Crippen molar-refractivity contribution in [1.82, 2.24) is 4.90 Å². The summed E-state index contributed by atoms with van der Waals surface area (Å²) in [7, 11) is 0. The minimum atomic E-state index is 0.245. The molecule has 0 spiro atoms. The molecule has 0 saturated carbocycles. The van der Waals surface area contributed by atoms with Gasteiger partial charge >= 0.3 is 0 Å². The molecule has 110 valence electrons. The van der Waals surface area contributed by atoms with E-state index >= 15 is 0 Å². The zero-order valence-corrected chi connectivity index (χ0v) is 13.0. The van der Waals surface area contributed by atoms with Gasteiger partial charge in [-0.2, -0.15) is 0 Å². The van der Waals surface area contributed by atoms with Gasteiger partial charge in [-0.3, -0.25) is 4.79 Å². The van der Waals surface area contributed by atoms with Crippen LogP contribution in [0.2, 0.25) is 0 Å². The first-order valence-electron chi connectivity index (χ1n) is 7.58. The van der Waals surface area contributed by atoms with Gasteiger partial charge in [0.05, 0.1) is 0 Å². The molecule has 1 aliphatic rings. The van der Waals surface area contributed by atoms with Gasteiger partial charge in [-0.25, -0.2) is 0 Å². The van der Waals surface area contributed by atoms with Gasteiger partial charge in [-0.1, -0.05) is 20.8 Å². The molecule has 3 heteroatoms. The molecule has 1 fully saturated rings. The van der Waals surface area contributed by atoms with Gasteiger partial charge < -0.3 is 9.69 Å². The molecule has 0 bridgehead atoms. The van der Waals surface area contributed by atoms with E-state index in [4.69, 9.17) is 0 Å². The lowest BCUT2D eigenvalue weighted by Gasteiger charge is -2.29. The summed E-state index contributed by atoms with van der Waals surface area (Å²) in [5.74, 6) is 1.18. The van der Waals surface area contributed by atoms with Gasteiger partial charge in [-0.05, 0) is 43.9 Å². The molecule has 0 radical (unpaired) electrons. The number of nitrogens with zero attached hydrogens (tertiary/aromatic N) is 1. The Bertz CT molecular complexity index is 317. The highest BCUT2D eigenvalue weighted by molar-refractivity contribution is 5.76. The van der Waals surface area contributed by atoms with Crippen molar-refractivity contribution in [2.24, 2.45) is 11.3 Å². The van der Waals surface area contributed by atoms with E-state index in [1.165, 1.54) is 0 Å². The second-order valence-electron chi connectivity index (χ2n) is 6.93. The Morgan fingerprint density at radius 3 is 2.53 bits per heavy atom. The van der Waals surface area contributed by atoms with Crippen molar-refractivity contribution in [2.75, 3.05) is 13.1 Å². The number of Topliss-reactive ketones (excluding diaryl/α,β-unsaturated/α-hetero) is 1. The standard InChI is InChI=1S/C16H29NO2/c1-13(18)7-5-6-11-17-12-10-14(16(2,3)4)8-9-15(17)19/h14H,5-12H2,1-4H3. The van der Waals surface area contributed by atoms with Gasteiger partial charge in [0.2, 0.25) is 5.91 Å². The minimum absolute atomic E-state index is 0.245. The molecule has 0 aliphatic carbocycles. The van der Waals surface area contributed by atoms with E-state index < -0.39 is 0 Å². The summed E-state index contributed by atoms with van der Waals surface area (Å²) >= 11 is 0. The van der Waals surface area contributed by atoms with Crippen LogP contribution >= 0.6 is 0 Å². The lowest BCUT2D eigenvalue weighted by Crippen LogP contribution is -2.31. The summed E-state index contributed by atoms with van der Waals surface area (Å²) in [4.78, 5) is 25.0. The van der Waals surface area contributed by atoms with Gasteiger partial charge in [0, 0.05) is 25.9 Å². The largest absolute Gasteiger partial charge is 0.343 e. The number of unbranched alkanes of at least 4 members (excludes halogenated alkanes) is 1. The molecule has 1 aliphatic heterocycles. The molecule has 1 heterocycles. The lowest BCUT2D eigenvalue weighted by molar-refractivity contribution is -0.130. The molecule has 3 nitrogen and oxygen atoms in total. The van der Waals surface area contributed by atoms with Crippen molar-refractivity contribution in [3.8, 4) is 0 Å². The summed E-state index contributed by atoms with van der Waals surface area (Å²) in [5.41, 5.74) is 0.297. The fourth-order valence-electron chi connectivity index (χ4n) is 2.82. The average Bonchev–Trinajstić information content (AvgIpc) is 2.46. The molecule has 19 heavy (non-hydrogen) atoms. The molecule has 1 atom stereocenters. The fourth-order valence-corrected chi connectivity index (χ4v) is 2.82. The molecular formula is C16H29NO2. The Balaban J connectivity index is 2.39. The highest BCUT2D eigenvalue weighted by Gasteiger charge is 2.29. The van der Waals surface area contributed by atoms with Gasteiger partial charge in [0.25, 0.3) is 0 Å². The molecule has 1 amide bonds. The number of carbonyl (C=O) groups excluding carboxylic acids is 2. The van der Waals surface area contributed by atoms with Crippen molar-refractivity contribution in [2.45, 2.75) is 66.2 Å². The monoisotopic (exact) mass is 267 g/mol. The van der Waals surface area contributed by atoms with E-state index in [0.717, 1.165) is 38.8 Å². The summed E-state index contributed by atoms with van der Waals surface area (Å²) in [6.07, 6.45) is 5.32. The van der Waals surface area contributed by atoms with Crippen molar-refractivity contribution in [3.05, 3.63) is 0 Å². The molecule has 1 unspecified atom stereocenters. The third-order valence-corrected chi connectivity index (χ3v) is 4.24. The van der Waals surface area contributed by atoms with E-state index in [1.807, 2.05) is 4.90 Å². The highest BCUT2D eigenvalue weighted by atomic mass is 16.2. The number of likely N-dealkylation sites (tertiary alicyclic amines) is 1. The first-order chi connectivity index (χ1) is 8.80. The Kier molecular flexibility index (Phi) is 6.02. The quantitative estimate of drug-likeness (QED) is 0.716. The first kappa shape index (κ1) is 16.2. The number of hydrogen-bond donors (Lipinski definition) is 0. The molecule has 0 aromatic rings. The van der Waals surface area contributed by atoms with Crippen molar-refractivity contribution in [3.63, 3.8) is 0 Å². The average molecular weight is 267 g/mol. The third-order valence-electron chi connectivity index (χ3n) is 4.24. The topological polar surface area (TPSA) is 37.4 Å². The van der Waals surface area contributed by atoms with Crippen LogP contribution in [0, 0.1) is 11.3 Å². The van der Waals surface area contributed by atoms with Crippen LogP contribution in [0.3, 0.4) is 0 Å². The van der Waals surface area contributed by atoms with Crippen LogP contribution < -0.4 is 0 Å². The van der Waals surface area contributed by atoms with E-state index in [1.54, 1.807) is 6.92 Å². The summed E-state index contributed by atoms with van der Waals surface area (Å²) in [5, 5.41) is 0. The molecule has 1 rings (SSSR count). The zero-order valence-electron chi connectivity index (χ0n) is 13.0. The molecule has 0 aromatic heterocycles. The Morgan fingerprint density at radius 2 is 1.95 bits per heavy atom. The van der Waals surface area contributed by atoms with Crippen LogP contribution in [0.4, 0.5) is 0 Å². The van der Waals surface area contributed by atoms with E-state index in [0.29, 0.717) is 30.1 Å². The number of amides is 1. The van der Waals surface area contributed by atoms with Gasteiger partial charge in [0.15, 0.2) is 0 Å². The van der Waals surface area contributed by atoms with Crippen LogP contribution in [-0.4, -0.2) is 29.7 Å². The van der Waals surface area contributed by atoms with E-state index in [9.17, 15) is 9.59 Å². The van der Waals surface area contributed by atoms with Gasteiger partial charge in [-0.15, -0.1) is 0 Å². The minimum Gasteiger partial charge on any atom is -0.343 e. The molecule has 0 aromatic carbocycles.